The molecule has 116 valence electrons. The van der Waals surface area contributed by atoms with Gasteiger partial charge in [-0.3, -0.25) is 0 Å². The van der Waals surface area contributed by atoms with Crippen LogP contribution in [0, 0.1) is 5.92 Å². The topological polar surface area (TPSA) is 29.5 Å². The summed E-state index contributed by atoms with van der Waals surface area (Å²) in [4.78, 5) is 0. The second kappa shape index (κ2) is 8.43. The highest BCUT2D eigenvalue weighted by Gasteiger charge is 2.37. The maximum absolute atomic E-state index is 10.2. The Balaban J connectivity index is 4.19. The summed E-state index contributed by atoms with van der Waals surface area (Å²) in [5, 5.41) is 10.4. The zero-order chi connectivity index (χ0) is 15.1. The molecule has 0 unspecified atom stereocenters. The summed E-state index contributed by atoms with van der Waals surface area (Å²) in [6, 6.07) is 0. The van der Waals surface area contributed by atoms with E-state index in [4.69, 9.17) is 4.43 Å². The summed E-state index contributed by atoms with van der Waals surface area (Å²) in [7, 11) is -1.72. The smallest absolute Gasteiger partial charge is 0.192 e. The van der Waals surface area contributed by atoms with Gasteiger partial charge in [0.2, 0.25) is 0 Å². The minimum atomic E-state index is -1.72. The lowest BCUT2D eigenvalue weighted by Crippen LogP contribution is -2.42. The molecule has 0 aliphatic heterocycles. The van der Waals surface area contributed by atoms with Gasteiger partial charge in [-0.2, -0.15) is 0 Å². The van der Waals surface area contributed by atoms with Crippen LogP contribution >= 0.6 is 0 Å². The van der Waals surface area contributed by atoms with Gasteiger partial charge < -0.3 is 9.53 Å². The van der Waals surface area contributed by atoms with Gasteiger partial charge in [-0.15, -0.1) is 0 Å². The molecule has 0 aliphatic carbocycles. The van der Waals surface area contributed by atoms with Gasteiger partial charge in [0.1, 0.15) is 0 Å². The maximum atomic E-state index is 10.2. The Morgan fingerprint density at radius 3 is 1.89 bits per heavy atom. The summed E-state index contributed by atoms with van der Waals surface area (Å²) >= 11 is 0. The molecular formula is C16H36O2Si. The third-order valence-electron chi connectivity index (χ3n) is 4.44. The van der Waals surface area contributed by atoms with Crippen molar-refractivity contribution in [3.8, 4) is 0 Å². The first-order valence-electron chi connectivity index (χ1n) is 7.96. The second-order valence-electron chi connectivity index (χ2n) is 7.40. The van der Waals surface area contributed by atoms with Crippen molar-refractivity contribution in [2.24, 2.45) is 5.92 Å². The van der Waals surface area contributed by atoms with Crippen molar-refractivity contribution in [1.82, 2.24) is 0 Å². The molecule has 0 aliphatic rings. The van der Waals surface area contributed by atoms with E-state index in [-0.39, 0.29) is 11.1 Å². The highest BCUT2D eigenvalue weighted by atomic mass is 28.4. The number of aliphatic hydroxyl groups is 1. The average Bonchev–Trinajstić information content (AvgIpc) is 2.25. The Kier molecular flexibility index (Phi) is 8.49. The van der Waals surface area contributed by atoms with E-state index in [1.54, 1.807) is 0 Å². The zero-order valence-corrected chi connectivity index (χ0v) is 15.3. The van der Waals surface area contributed by atoms with E-state index in [0.29, 0.717) is 12.5 Å². The largest absolute Gasteiger partial charge is 0.414 e. The molecule has 0 fully saturated rings. The lowest BCUT2D eigenvalue weighted by Gasteiger charge is -2.37. The van der Waals surface area contributed by atoms with Gasteiger partial charge in [0.05, 0.1) is 12.7 Å². The fourth-order valence-corrected chi connectivity index (χ4v) is 3.21. The predicted molar refractivity (Wildman–Crippen MR) is 87.1 cm³/mol. The van der Waals surface area contributed by atoms with Gasteiger partial charge >= 0.3 is 0 Å². The highest BCUT2D eigenvalue weighted by Crippen LogP contribution is 2.36. The van der Waals surface area contributed by atoms with E-state index < -0.39 is 8.32 Å². The van der Waals surface area contributed by atoms with Gasteiger partial charge in [-0.25, -0.2) is 0 Å². The molecule has 1 N–H and O–H groups in total. The van der Waals surface area contributed by atoms with Crippen LogP contribution in [0.15, 0.2) is 0 Å². The number of rotatable bonds is 9. The van der Waals surface area contributed by atoms with Crippen molar-refractivity contribution < 1.29 is 9.53 Å². The van der Waals surface area contributed by atoms with E-state index >= 15 is 0 Å². The minimum Gasteiger partial charge on any atom is -0.414 e. The first kappa shape index (κ1) is 19.1. The molecule has 0 aromatic rings. The average molecular weight is 289 g/mol. The van der Waals surface area contributed by atoms with Crippen LogP contribution < -0.4 is 0 Å². The highest BCUT2D eigenvalue weighted by molar-refractivity contribution is 6.74. The molecule has 0 heterocycles. The number of aliphatic hydroxyl groups excluding tert-OH is 1. The van der Waals surface area contributed by atoms with Crippen molar-refractivity contribution in [3.05, 3.63) is 0 Å². The molecule has 0 saturated carbocycles. The van der Waals surface area contributed by atoms with E-state index in [0.717, 1.165) is 6.42 Å². The molecule has 0 spiro atoms. The van der Waals surface area contributed by atoms with Crippen LogP contribution in [0.3, 0.4) is 0 Å². The first-order chi connectivity index (χ1) is 8.64. The fraction of sp³-hybridized carbons (Fsp3) is 1.00. The van der Waals surface area contributed by atoms with Crippen LogP contribution in [0.5, 0.6) is 0 Å². The van der Waals surface area contributed by atoms with Crippen molar-refractivity contribution in [1.29, 1.82) is 0 Å². The first-order valence-corrected chi connectivity index (χ1v) is 10.9. The van der Waals surface area contributed by atoms with Crippen LogP contribution in [-0.2, 0) is 4.43 Å². The molecule has 0 aromatic carbocycles. The zero-order valence-electron chi connectivity index (χ0n) is 14.3. The van der Waals surface area contributed by atoms with E-state index in [1.807, 2.05) is 0 Å². The van der Waals surface area contributed by atoms with Crippen molar-refractivity contribution >= 4 is 8.32 Å². The summed E-state index contributed by atoms with van der Waals surface area (Å²) in [5.74, 6) is 0.660. The van der Waals surface area contributed by atoms with Crippen LogP contribution in [0.1, 0.15) is 66.7 Å². The number of hydrogen-bond acceptors (Lipinski definition) is 2. The van der Waals surface area contributed by atoms with Crippen LogP contribution in [0.2, 0.25) is 18.1 Å². The molecule has 3 heteroatoms. The summed E-state index contributed by atoms with van der Waals surface area (Å²) in [5.41, 5.74) is 0. The minimum absolute atomic E-state index is 0.221. The predicted octanol–water partition coefficient (Wildman–Crippen LogP) is 4.98. The van der Waals surface area contributed by atoms with Gasteiger partial charge in [0.25, 0.3) is 0 Å². The molecule has 0 amide bonds. The summed E-state index contributed by atoms with van der Waals surface area (Å²) in [6.07, 6.45) is 5.48. The van der Waals surface area contributed by atoms with Gasteiger partial charge in [-0.05, 0) is 30.5 Å². The SMILES string of the molecule is CCCC(CCC)C[C@@H](O)CO[Si](C)(C)C(C)(C)C. The molecule has 19 heavy (non-hydrogen) atoms. The monoisotopic (exact) mass is 288 g/mol. The van der Waals surface area contributed by atoms with E-state index in [9.17, 15) is 5.11 Å². The van der Waals surface area contributed by atoms with Crippen LogP contribution in [-0.4, -0.2) is 26.1 Å². The van der Waals surface area contributed by atoms with Gasteiger partial charge in [-0.1, -0.05) is 60.3 Å². The normalized spacial score (nSPS) is 15.0. The summed E-state index contributed by atoms with van der Waals surface area (Å²) in [6.45, 7) is 16.2. The fourth-order valence-electron chi connectivity index (χ4n) is 2.17. The third-order valence-corrected chi connectivity index (χ3v) is 8.94. The lowest BCUT2D eigenvalue weighted by molar-refractivity contribution is 0.0755. The molecule has 0 saturated heterocycles. The summed E-state index contributed by atoms with van der Waals surface area (Å²) < 4.78 is 6.10. The van der Waals surface area contributed by atoms with Crippen molar-refractivity contribution in [3.63, 3.8) is 0 Å². The molecule has 1 atom stereocenters. The molecule has 0 rings (SSSR count). The molecule has 0 aromatic heterocycles. The van der Waals surface area contributed by atoms with Gasteiger partial charge in [0, 0.05) is 0 Å². The van der Waals surface area contributed by atoms with E-state index in [1.165, 1.54) is 25.7 Å². The molecular weight excluding hydrogens is 252 g/mol. The molecule has 0 bridgehead atoms. The lowest BCUT2D eigenvalue weighted by atomic mass is 9.92. The van der Waals surface area contributed by atoms with Gasteiger partial charge in [0.15, 0.2) is 8.32 Å². The van der Waals surface area contributed by atoms with Crippen LogP contribution in [0.25, 0.3) is 0 Å². The van der Waals surface area contributed by atoms with Crippen molar-refractivity contribution in [2.75, 3.05) is 6.61 Å². The number of hydrogen-bond donors (Lipinski definition) is 1. The Hall–Kier alpha value is 0.137. The Morgan fingerprint density at radius 1 is 1.05 bits per heavy atom. The van der Waals surface area contributed by atoms with E-state index in [2.05, 4.69) is 47.7 Å². The van der Waals surface area contributed by atoms with Crippen molar-refractivity contribution in [2.45, 2.75) is 91.0 Å². The second-order valence-corrected chi connectivity index (χ2v) is 12.2. The Labute approximate surface area is 122 Å². The Morgan fingerprint density at radius 2 is 1.53 bits per heavy atom. The quantitative estimate of drug-likeness (QED) is 0.607. The third kappa shape index (κ3) is 7.47. The molecule has 0 radical (unpaired) electrons. The maximum Gasteiger partial charge on any atom is 0.192 e. The molecule has 2 nitrogen and oxygen atoms in total. The van der Waals surface area contributed by atoms with Crippen LogP contribution in [0.4, 0.5) is 0 Å². The Bertz CT molecular complexity index is 227. The standard InChI is InChI=1S/C16H36O2Si/c1-8-10-14(11-9-2)12-15(17)13-18-19(6,7)16(3,4)5/h14-15,17H,8-13H2,1-7H3/t15-/m1/s1.